The van der Waals surface area contributed by atoms with Crippen molar-refractivity contribution < 1.29 is 27.7 Å². The second kappa shape index (κ2) is 5.46. The van der Waals surface area contributed by atoms with Gasteiger partial charge in [-0.25, -0.2) is 0 Å². The first kappa shape index (κ1) is 14.6. The fourth-order valence-electron chi connectivity index (χ4n) is 1.23. The van der Waals surface area contributed by atoms with Crippen molar-refractivity contribution in [1.82, 2.24) is 0 Å². The van der Waals surface area contributed by atoms with E-state index in [2.05, 4.69) is 0 Å². The second-order valence-electron chi connectivity index (χ2n) is 3.41. The highest BCUT2D eigenvalue weighted by atomic mass is 19.4. The summed E-state index contributed by atoms with van der Waals surface area (Å²) in [5.74, 6) is -3.25. The maximum Gasteiger partial charge on any atom is 0.471 e. The molecule has 102 valence electrons. The molecule has 0 heterocycles. The molecule has 0 bridgehead atoms. The van der Waals surface area contributed by atoms with E-state index < -0.39 is 35.0 Å². The zero-order valence-electron chi connectivity index (χ0n) is 9.23. The van der Waals surface area contributed by atoms with Gasteiger partial charge in [-0.15, -0.1) is 0 Å². The van der Waals surface area contributed by atoms with Gasteiger partial charge in [0.2, 0.25) is 5.78 Å². The van der Waals surface area contributed by atoms with Crippen LogP contribution in [0.4, 0.5) is 18.9 Å². The lowest BCUT2D eigenvalue weighted by molar-refractivity contribution is -0.465. The highest BCUT2D eigenvalue weighted by molar-refractivity contribution is 6.06. The normalized spacial score (nSPS) is 10.9. The molecule has 0 fully saturated rings. The smallest absolute Gasteiger partial charge is 0.318 e. The third-order valence-corrected chi connectivity index (χ3v) is 2.01. The van der Waals surface area contributed by atoms with Crippen LogP contribution in [0.25, 0.3) is 0 Å². The summed E-state index contributed by atoms with van der Waals surface area (Å²) in [5, 5.41) is 11.7. The maximum atomic E-state index is 12.1. The van der Waals surface area contributed by atoms with Crippen molar-refractivity contribution in [1.29, 1.82) is 0 Å². The van der Waals surface area contributed by atoms with Crippen molar-refractivity contribution in [2.45, 2.75) is 6.18 Å². The number of para-hydroxylation sites is 1. The van der Waals surface area contributed by atoms with Crippen molar-refractivity contribution in [2.24, 2.45) is 0 Å². The van der Waals surface area contributed by atoms with Crippen LogP contribution >= 0.6 is 0 Å². The largest absolute Gasteiger partial charge is 0.471 e. The second-order valence-corrected chi connectivity index (χ2v) is 3.41. The number of nitro groups is 1. The summed E-state index contributed by atoms with van der Waals surface area (Å²) in [6.07, 6.45) is -5.11. The Balaban J connectivity index is 3.00. The highest BCUT2D eigenvalue weighted by Gasteiger charge is 2.39. The Morgan fingerprint density at radius 3 is 2.37 bits per heavy atom. The SMILES string of the molecule is O=C(C[N+](=O)[O-])c1ccccc1NC(=O)C(F)(F)F. The molecule has 1 aromatic rings. The minimum atomic E-state index is -5.11. The van der Waals surface area contributed by atoms with Crippen LogP contribution in [0, 0.1) is 10.1 Å². The Kier molecular flexibility index (Phi) is 4.20. The third-order valence-electron chi connectivity index (χ3n) is 2.01. The maximum absolute atomic E-state index is 12.1. The minimum Gasteiger partial charge on any atom is -0.318 e. The van der Waals surface area contributed by atoms with Crippen LogP contribution in [0.2, 0.25) is 0 Å². The Hall–Kier alpha value is -2.45. The lowest BCUT2D eigenvalue weighted by Gasteiger charge is -2.10. The Bertz CT molecular complexity index is 528. The lowest BCUT2D eigenvalue weighted by atomic mass is 10.1. The summed E-state index contributed by atoms with van der Waals surface area (Å²) in [7, 11) is 0. The van der Waals surface area contributed by atoms with E-state index in [-0.39, 0.29) is 5.56 Å². The number of halogens is 3. The van der Waals surface area contributed by atoms with Crippen LogP contribution in [-0.4, -0.2) is 29.3 Å². The molecule has 0 saturated carbocycles. The van der Waals surface area contributed by atoms with Gasteiger partial charge in [0.1, 0.15) is 0 Å². The van der Waals surface area contributed by atoms with Crippen LogP contribution in [0.1, 0.15) is 10.4 Å². The average Bonchev–Trinajstić information content (AvgIpc) is 2.27. The predicted octanol–water partition coefficient (Wildman–Crippen LogP) is 1.65. The molecule has 0 unspecified atom stereocenters. The molecule has 0 atom stereocenters. The van der Waals surface area contributed by atoms with Gasteiger partial charge in [-0.3, -0.25) is 19.7 Å². The van der Waals surface area contributed by atoms with Crippen molar-refractivity contribution >= 4 is 17.4 Å². The zero-order chi connectivity index (χ0) is 14.6. The van der Waals surface area contributed by atoms with Gasteiger partial charge in [0, 0.05) is 10.5 Å². The summed E-state index contributed by atoms with van der Waals surface area (Å²) >= 11 is 0. The number of alkyl halides is 3. The van der Waals surface area contributed by atoms with Gasteiger partial charge >= 0.3 is 12.1 Å². The molecule has 6 nitrogen and oxygen atoms in total. The van der Waals surface area contributed by atoms with E-state index >= 15 is 0 Å². The average molecular weight is 276 g/mol. The molecular weight excluding hydrogens is 269 g/mol. The van der Waals surface area contributed by atoms with E-state index in [4.69, 9.17) is 0 Å². The van der Waals surface area contributed by atoms with E-state index in [1.165, 1.54) is 17.4 Å². The number of amides is 1. The summed E-state index contributed by atoms with van der Waals surface area (Å²) in [6, 6.07) is 4.75. The topological polar surface area (TPSA) is 89.3 Å². The number of carbonyl (C=O) groups excluding carboxylic acids is 2. The van der Waals surface area contributed by atoms with Crippen molar-refractivity contribution in [3.63, 3.8) is 0 Å². The molecule has 1 rings (SSSR count). The quantitative estimate of drug-likeness (QED) is 0.514. The van der Waals surface area contributed by atoms with E-state index in [1.807, 2.05) is 0 Å². The number of nitrogens with one attached hydrogen (secondary N) is 1. The fraction of sp³-hybridized carbons (Fsp3) is 0.200. The summed E-state index contributed by atoms with van der Waals surface area (Å²) in [6.45, 7) is -1.07. The minimum absolute atomic E-state index is 0.350. The summed E-state index contributed by atoms with van der Waals surface area (Å²) < 4.78 is 36.2. The molecule has 19 heavy (non-hydrogen) atoms. The molecule has 1 amide bonds. The van der Waals surface area contributed by atoms with Crippen LogP contribution in [0.3, 0.4) is 0 Å². The van der Waals surface area contributed by atoms with Crippen LogP contribution in [0.5, 0.6) is 0 Å². The standard InChI is InChI=1S/C10H7F3N2O4/c11-10(12,13)9(17)14-7-4-2-1-3-6(7)8(16)5-15(18)19/h1-4H,5H2,(H,14,17). The number of nitrogens with zero attached hydrogens (tertiary/aromatic N) is 1. The molecule has 0 aliphatic rings. The molecule has 9 heteroatoms. The summed E-state index contributed by atoms with van der Waals surface area (Å²) in [4.78, 5) is 31.5. The van der Waals surface area contributed by atoms with E-state index in [0.29, 0.717) is 0 Å². The van der Waals surface area contributed by atoms with Crippen LogP contribution in [0.15, 0.2) is 24.3 Å². The van der Waals surface area contributed by atoms with Crippen molar-refractivity contribution in [2.75, 3.05) is 11.9 Å². The molecule has 0 saturated heterocycles. The molecule has 0 spiro atoms. The molecule has 1 aromatic carbocycles. The van der Waals surface area contributed by atoms with Crippen LogP contribution < -0.4 is 5.32 Å². The Morgan fingerprint density at radius 2 is 1.84 bits per heavy atom. The van der Waals surface area contributed by atoms with Crippen LogP contribution in [-0.2, 0) is 4.79 Å². The van der Waals surface area contributed by atoms with Gasteiger partial charge in [0.15, 0.2) is 0 Å². The van der Waals surface area contributed by atoms with Gasteiger partial charge in [0.05, 0.1) is 5.69 Å². The first-order valence-electron chi connectivity index (χ1n) is 4.84. The number of hydrogen-bond acceptors (Lipinski definition) is 4. The lowest BCUT2D eigenvalue weighted by Crippen LogP contribution is -2.30. The molecule has 0 aliphatic heterocycles. The molecular formula is C10H7F3N2O4. The first-order valence-corrected chi connectivity index (χ1v) is 4.84. The molecule has 0 aliphatic carbocycles. The molecule has 0 radical (unpaired) electrons. The van der Waals surface area contributed by atoms with Gasteiger partial charge in [-0.1, -0.05) is 12.1 Å². The highest BCUT2D eigenvalue weighted by Crippen LogP contribution is 2.21. The Morgan fingerprint density at radius 1 is 1.26 bits per heavy atom. The number of Topliss-reactive ketones (excluding diaryl/α,β-unsaturated/α-hetero) is 1. The van der Waals surface area contributed by atoms with E-state index in [9.17, 15) is 32.9 Å². The number of rotatable bonds is 4. The molecule has 0 aromatic heterocycles. The van der Waals surface area contributed by atoms with Gasteiger partial charge < -0.3 is 5.32 Å². The molecule has 1 N–H and O–H groups in total. The van der Waals surface area contributed by atoms with E-state index in [0.717, 1.165) is 12.1 Å². The predicted molar refractivity (Wildman–Crippen MR) is 57.3 cm³/mol. The monoisotopic (exact) mass is 276 g/mol. The first-order chi connectivity index (χ1) is 8.71. The zero-order valence-corrected chi connectivity index (χ0v) is 9.23. The number of hydrogen-bond donors (Lipinski definition) is 1. The van der Waals surface area contributed by atoms with E-state index in [1.54, 1.807) is 0 Å². The van der Waals surface area contributed by atoms with Gasteiger partial charge in [-0.05, 0) is 12.1 Å². The van der Waals surface area contributed by atoms with Crippen molar-refractivity contribution in [3.05, 3.63) is 39.9 Å². The fourth-order valence-corrected chi connectivity index (χ4v) is 1.23. The number of carbonyl (C=O) groups is 2. The Labute approximate surface area is 104 Å². The number of ketones is 1. The number of anilines is 1. The van der Waals surface area contributed by atoms with Gasteiger partial charge in [0.25, 0.3) is 6.54 Å². The van der Waals surface area contributed by atoms with Crippen molar-refractivity contribution in [3.8, 4) is 0 Å². The number of benzene rings is 1. The third kappa shape index (κ3) is 4.05. The summed E-state index contributed by atoms with van der Waals surface area (Å²) in [5.41, 5.74) is -0.770. The van der Waals surface area contributed by atoms with Gasteiger partial charge in [-0.2, -0.15) is 13.2 Å².